The Balaban J connectivity index is 1.79. The van der Waals surface area contributed by atoms with Gasteiger partial charge >= 0.3 is 0 Å². The van der Waals surface area contributed by atoms with Gasteiger partial charge in [0, 0.05) is 6.54 Å². The van der Waals surface area contributed by atoms with Gasteiger partial charge in [0.15, 0.2) is 0 Å². The van der Waals surface area contributed by atoms with E-state index in [1.54, 1.807) is 36.2 Å². The van der Waals surface area contributed by atoms with Crippen molar-refractivity contribution >= 4 is 17.5 Å². The Hall–Kier alpha value is -2.93. The molecular formula is C20H24FN3O3. The third kappa shape index (κ3) is 6.71. The molecule has 0 aliphatic rings. The minimum absolute atomic E-state index is 0.0948. The standard InChI is InChI=1S/C20H24FN3O3/c1-14-7-8-18(27-3)17(9-14)23-19(25)11-22-20(26)13-24(2)12-15-5-4-6-16(21)10-15/h4-10H,11-13H2,1-3H3,(H,22,26)(H,23,25). The number of methoxy groups -OCH3 is 1. The van der Waals surface area contributed by atoms with Gasteiger partial charge in [0.2, 0.25) is 11.8 Å². The highest BCUT2D eigenvalue weighted by molar-refractivity contribution is 5.96. The van der Waals surface area contributed by atoms with E-state index in [1.807, 2.05) is 13.0 Å². The lowest BCUT2D eigenvalue weighted by Gasteiger charge is -2.16. The molecule has 0 aliphatic heterocycles. The third-order valence-electron chi connectivity index (χ3n) is 3.83. The molecule has 27 heavy (non-hydrogen) atoms. The van der Waals surface area contributed by atoms with Crippen LogP contribution in [0.1, 0.15) is 11.1 Å². The molecule has 0 aromatic heterocycles. The van der Waals surface area contributed by atoms with E-state index >= 15 is 0 Å². The van der Waals surface area contributed by atoms with Crippen molar-refractivity contribution in [1.29, 1.82) is 0 Å². The summed E-state index contributed by atoms with van der Waals surface area (Å²) < 4.78 is 18.4. The summed E-state index contributed by atoms with van der Waals surface area (Å²) in [5.74, 6) is -0.399. The predicted octanol–water partition coefficient (Wildman–Crippen LogP) is 2.33. The Morgan fingerprint density at radius 2 is 1.93 bits per heavy atom. The van der Waals surface area contributed by atoms with Crippen LogP contribution in [0, 0.1) is 12.7 Å². The molecule has 0 fully saturated rings. The largest absolute Gasteiger partial charge is 0.495 e. The molecular weight excluding hydrogens is 349 g/mol. The topological polar surface area (TPSA) is 70.7 Å². The Labute approximate surface area is 158 Å². The van der Waals surface area contributed by atoms with Crippen molar-refractivity contribution in [3.63, 3.8) is 0 Å². The highest BCUT2D eigenvalue weighted by Gasteiger charge is 2.11. The number of hydrogen-bond acceptors (Lipinski definition) is 4. The number of halogens is 1. The summed E-state index contributed by atoms with van der Waals surface area (Å²) in [6.07, 6.45) is 0. The second-order valence-corrected chi connectivity index (χ2v) is 6.33. The molecule has 2 aromatic rings. The van der Waals surface area contributed by atoms with Crippen molar-refractivity contribution in [1.82, 2.24) is 10.2 Å². The fourth-order valence-corrected chi connectivity index (χ4v) is 2.60. The number of amides is 2. The molecule has 0 saturated heterocycles. The highest BCUT2D eigenvalue weighted by atomic mass is 19.1. The maximum Gasteiger partial charge on any atom is 0.243 e. The smallest absolute Gasteiger partial charge is 0.243 e. The summed E-state index contributed by atoms with van der Waals surface area (Å²) in [6.45, 7) is 2.28. The van der Waals surface area contributed by atoms with Gasteiger partial charge in [0.25, 0.3) is 0 Å². The average molecular weight is 373 g/mol. The zero-order valence-corrected chi connectivity index (χ0v) is 15.7. The predicted molar refractivity (Wildman–Crippen MR) is 102 cm³/mol. The van der Waals surface area contributed by atoms with Gasteiger partial charge in [-0.05, 0) is 49.4 Å². The molecule has 0 radical (unpaired) electrons. The van der Waals surface area contributed by atoms with Crippen molar-refractivity contribution in [3.05, 3.63) is 59.4 Å². The number of nitrogens with zero attached hydrogens (tertiary/aromatic N) is 1. The first kappa shape index (κ1) is 20.4. The van der Waals surface area contributed by atoms with Crippen molar-refractivity contribution in [2.45, 2.75) is 13.5 Å². The second kappa shape index (κ2) is 9.68. The van der Waals surface area contributed by atoms with Crippen LogP contribution < -0.4 is 15.4 Å². The van der Waals surface area contributed by atoms with E-state index in [9.17, 15) is 14.0 Å². The normalized spacial score (nSPS) is 10.6. The minimum atomic E-state index is -0.347. The molecule has 0 heterocycles. The van der Waals surface area contributed by atoms with Crippen LogP contribution in [-0.4, -0.2) is 44.0 Å². The Morgan fingerprint density at radius 1 is 1.15 bits per heavy atom. The number of anilines is 1. The van der Waals surface area contributed by atoms with E-state index < -0.39 is 0 Å². The van der Waals surface area contributed by atoms with Crippen LogP contribution in [0.2, 0.25) is 0 Å². The molecule has 0 atom stereocenters. The summed E-state index contributed by atoms with van der Waals surface area (Å²) >= 11 is 0. The van der Waals surface area contributed by atoms with Crippen LogP contribution in [0.25, 0.3) is 0 Å². The molecule has 2 aromatic carbocycles. The first-order valence-corrected chi connectivity index (χ1v) is 8.51. The summed E-state index contributed by atoms with van der Waals surface area (Å²) in [4.78, 5) is 25.8. The molecule has 0 unspecified atom stereocenters. The monoisotopic (exact) mass is 373 g/mol. The molecule has 0 saturated carbocycles. The van der Waals surface area contributed by atoms with Gasteiger partial charge in [-0.1, -0.05) is 18.2 Å². The number of carbonyl (C=O) groups excluding carboxylic acids is 2. The van der Waals surface area contributed by atoms with Crippen LogP contribution in [-0.2, 0) is 16.1 Å². The van der Waals surface area contributed by atoms with Gasteiger partial charge in [0.1, 0.15) is 11.6 Å². The van der Waals surface area contributed by atoms with Crippen LogP contribution in [0.5, 0.6) is 5.75 Å². The van der Waals surface area contributed by atoms with Gasteiger partial charge in [0.05, 0.1) is 25.9 Å². The van der Waals surface area contributed by atoms with Crippen molar-refractivity contribution < 1.29 is 18.7 Å². The molecule has 0 spiro atoms. The second-order valence-electron chi connectivity index (χ2n) is 6.33. The Bertz CT molecular complexity index is 811. The van der Waals surface area contributed by atoms with E-state index in [2.05, 4.69) is 10.6 Å². The van der Waals surface area contributed by atoms with Crippen LogP contribution in [0.3, 0.4) is 0 Å². The van der Waals surface area contributed by atoms with E-state index in [0.29, 0.717) is 18.0 Å². The first-order valence-electron chi connectivity index (χ1n) is 8.51. The van der Waals surface area contributed by atoms with Crippen molar-refractivity contribution in [2.75, 3.05) is 32.6 Å². The van der Waals surface area contributed by atoms with Gasteiger partial charge in [-0.25, -0.2) is 4.39 Å². The zero-order chi connectivity index (χ0) is 19.8. The van der Waals surface area contributed by atoms with E-state index in [0.717, 1.165) is 11.1 Å². The number of benzene rings is 2. The number of carbonyl (C=O) groups is 2. The van der Waals surface area contributed by atoms with Gasteiger partial charge in [-0.15, -0.1) is 0 Å². The van der Waals surface area contributed by atoms with Gasteiger partial charge in [-0.2, -0.15) is 0 Å². The first-order chi connectivity index (χ1) is 12.9. The fourth-order valence-electron chi connectivity index (χ4n) is 2.60. The van der Waals surface area contributed by atoms with Crippen molar-refractivity contribution in [2.24, 2.45) is 0 Å². The minimum Gasteiger partial charge on any atom is -0.495 e. The lowest BCUT2D eigenvalue weighted by molar-refractivity contribution is -0.124. The summed E-state index contributed by atoms with van der Waals surface area (Å²) in [7, 11) is 3.28. The average Bonchev–Trinajstić information content (AvgIpc) is 2.60. The quantitative estimate of drug-likeness (QED) is 0.745. The fraction of sp³-hybridized carbons (Fsp3) is 0.300. The summed E-state index contributed by atoms with van der Waals surface area (Å²) in [5.41, 5.74) is 2.31. The number of ether oxygens (including phenoxy) is 1. The number of rotatable bonds is 8. The van der Waals surface area contributed by atoms with Crippen molar-refractivity contribution in [3.8, 4) is 5.75 Å². The van der Waals surface area contributed by atoms with Crippen LogP contribution in [0.4, 0.5) is 10.1 Å². The van der Waals surface area contributed by atoms with Gasteiger partial charge < -0.3 is 15.4 Å². The molecule has 7 heteroatoms. The maximum atomic E-state index is 13.2. The van der Waals surface area contributed by atoms with E-state index in [-0.39, 0.29) is 30.7 Å². The third-order valence-corrected chi connectivity index (χ3v) is 3.83. The molecule has 0 aliphatic carbocycles. The molecule has 2 rings (SSSR count). The number of nitrogens with one attached hydrogen (secondary N) is 2. The Morgan fingerprint density at radius 3 is 2.63 bits per heavy atom. The Kier molecular flexibility index (Phi) is 7.31. The number of hydrogen-bond donors (Lipinski definition) is 2. The maximum absolute atomic E-state index is 13.2. The van der Waals surface area contributed by atoms with Crippen LogP contribution >= 0.6 is 0 Å². The lowest BCUT2D eigenvalue weighted by Crippen LogP contribution is -2.39. The lowest BCUT2D eigenvalue weighted by atomic mass is 10.2. The van der Waals surface area contributed by atoms with E-state index in [4.69, 9.17) is 4.74 Å². The van der Waals surface area contributed by atoms with E-state index in [1.165, 1.54) is 19.2 Å². The molecule has 2 amide bonds. The molecule has 0 bridgehead atoms. The number of likely N-dealkylation sites (N-methyl/N-ethyl adjacent to an activating group) is 1. The summed E-state index contributed by atoms with van der Waals surface area (Å²) in [6, 6.07) is 11.7. The highest BCUT2D eigenvalue weighted by Crippen LogP contribution is 2.24. The van der Waals surface area contributed by atoms with Gasteiger partial charge in [-0.3, -0.25) is 14.5 Å². The SMILES string of the molecule is COc1ccc(C)cc1NC(=O)CNC(=O)CN(C)Cc1cccc(F)c1. The molecule has 144 valence electrons. The van der Waals surface area contributed by atoms with Crippen LogP contribution in [0.15, 0.2) is 42.5 Å². The molecule has 6 nitrogen and oxygen atoms in total. The summed E-state index contributed by atoms with van der Waals surface area (Å²) in [5, 5.41) is 5.30. The number of aryl methyl sites for hydroxylation is 1. The molecule has 2 N–H and O–H groups in total. The zero-order valence-electron chi connectivity index (χ0n) is 15.7.